The highest BCUT2D eigenvalue weighted by molar-refractivity contribution is 7.99. The van der Waals surface area contributed by atoms with E-state index in [4.69, 9.17) is 0 Å². The number of aromatic nitrogens is 3. The number of nitrogens with zero attached hydrogens (tertiary/aromatic N) is 2. The summed E-state index contributed by atoms with van der Waals surface area (Å²) in [5.41, 5.74) is 0.865. The van der Waals surface area contributed by atoms with Gasteiger partial charge in [-0.15, -0.1) is 5.10 Å². The number of aromatic amines is 1. The molecule has 0 aliphatic heterocycles. The van der Waals surface area contributed by atoms with Crippen LogP contribution in [0.15, 0.2) is 29.4 Å². The van der Waals surface area contributed by atoms with Gasteiger partial charge in [-0.25, -0.2) is 18.2 Å². The third-order valence-corrected chi connectivity index (χ3v) is 4.07. The van der Waals surface area contributed by atoms with Crippen LogP contribution in [0.4, 0.5) is 16.2 Å². The van der Waals surface area contributed by atoms with E-state index in [1.807, 2.05) is 6.92 Å². The van der Waals surface area contributed by atoms with Gasteiger partial charge < -0.3 is 10.6 Å². The second-order valence-electron chi connectivity index (χ2n) is 4.89. The van der Waals surface area contributed by atoms with Crippen LogP contribution in [-0.4, -0.2) is 48.2 Å². The van der Waals surface area contributed by atoms with Gasteiger partial charge in [0.1, 0.15) is 5.82 Å². The number of aryl methyl sites for hydroxylation is 1. The molecule has 1 aromatic carbocycles. The monoisotopic (exact) mass is 370 g/mol. The van der Waals surface area contributed by atoms with Crippen molar-refractivity contribution in [1.29, 1.82) is 0 Å². The predicted molar refractivity (Wildman–Crippen MR) is 93.8 cm³/mol. The molecule has 9 nitrogen and oxygen atoms in total. The van der Waals surface area contributed by atoms with Gasteiger partial charge in [0.25, 0.3) is 0 Å². The molecule has 4 N–H and O–H groups in total. The Hall–Kier alpha value is -2.27. The normalized spacial score (nSPS) is 11.1. The van der Waals surface area contributed by atoms with Crippen LogP contribution in [0.1, 0.15) is 5.82 Å². The average Bonchev–Trinajstić information content (AvgIpc) is 2.88. The van der Waals surface area contributed by atoms with Crippen LogP contribution in [-0.2, 0) is 10.0 Å². The van der Waals surface area contributed by atoms with Gasteiger partial charge in [0.15, 0.2) is 0 Å². The number of nitrogens with one attached hydrogen (secondary N) is 4. The Morgan fingerprint density at radius 1 is 1.33 bits per heavy atom. The second-order valence-corrected chi connectivity index (χ2v) is 7.70. The van der Waals surface area contributed by atoms with Crippen molar-refractivity contribution in [3.05, 3.63) is 30.1 Å². The fraction of sp³-hybridized carbons (Fsp3) is 0.308. The lowest BCUT2D eigenvalue weighted by atomic mass is 10.3. The lowest BCUT2D eigenvalue weighted by molar-refractivity contribution is 0.252. The fourth-order valence-corrected chi connectivity index (χ4v) is 3.00. The molecule has 1 aromatic heterocycles. The number of rotatable bonds is 7. The molecule has 0 aliphatic rings. The lowest BCUT2D eigenvalue weighted by Crippen LogP contribution is -2.30. The van der Waals surface area contributed by atoms with Crippen molar-refractivity contribution in [1.82, 2.24) is 20.5 Å². The Labute approximate surface area is 144 Å². The topological polar surface area (TPSA) is 129 Å². The van der Waals surface area contributed by atoms with E-state index in [2.05, 4.69) is 30.5 Å². The van der Waals surface area contributed by atoms with Gasteiger partial charge in [-0.2, -0.15) is 0 Å². The number of sulfonamides is 1. The van der Waals surface area contributed by atoms with Crippen molar-refractivity contribution < 1.29 is 13.2 Å². The first-order valence-corrected chi connectivity index (χ1v) is 9.84. The van der Waals surface area contributed by atoms with Crippen LogP contribution in [0.2, 0.25) is 0 Å². The molecule has 24 heavy (non-hydrogen) atoms. The van der Waals surface area contributed by atoms with Crippen molar-refractivity contribution in [2.24, 2.45) is 0 Å². The van der Waals surface area contributed by atoms with E-state index in [1.165, 1.54) is 17.8 Å². The number of H-pyrrole nitrogens is 1. The first kappa shape index (κ1) is 18.1. The summed E-state index contributed by atoms with van der Waals surface area (Å²) in [6.07, 6.45) is 1.06. The van der Waals surface area contributed by atoms with Gasteiger partial charge in [-0.05, 0) is 25.1 Å². The highest BCUT2D eigenvalue weighted by Crippen LogP contribution is 2.16. The molecular formula is C13H18N6O3S2. The molecule has 2 rings (SSSR count). The van der Waals surface area contributed by atoms with E-state index in [0.29, 0.717) is 28.8 Å². The number of hydrogen-bond acceptors (Lipinski definition) is 6. The molecule has 0 fully saturated rings. The smallest absolute Gasteiger partial charge is 0.319 e. The Kier molecular flexibility index (Phi) is 6.04. The van der Waals surface area contributed by atoms with Crippen LogP contribution < -0.4 is 15.4 Å². The number of hydrogen-bond donors (Lipinski definition) is 4. The maximum atomic E-state index is 11.8. The zero-order chi connectivity index (χ0) is 17.6. The van der Waals surface area contributed by atoms with Crippen molar-refractivity contribution in [2.45, 2.75) is 12.1 Å². The Morgan fingerprint density at radius 3 is 2.75 bits per heavy atom. The number of carbonyl (C=O) groups is 1. The van der Waals surface area contributed by atoms with E-state index in [1.54, 1.807) is 18.2 Å². The maximum Gasteiger partial charge on any atom is 0.319 e. The molecule has 0 saturated heterocycles. The maximum absolute atomic E-state index is 11.8. The van der Waals surface area contributed by atoms with Crippen molar-refractivity contribution in [3.8, 4) is 0 Å². The van der Waals surface area contributed by atoms with Gasteiger partial charge in [0, 0.05) is 18.0 Å². The minimum Gasteiger partial charge on any atom is -0.337 e. The number of anilines is 2. The Bertz CT molecular complexity index is 806. The minimum atomic E-state index is -3.36. The number of benzene rings is 1. The zero-order valence-corrected chi connectivity index (χ0v) is 14.8. The molecule has 0 atom stereocenters. The largest absolute Gasteiger partial charge is 0.337 e. The third-order valence-electron chi connectivity index (χ3n) is 2.62. The number of urea groups is 1. The molecule has 11 heteroatoms. The molecule has 0 bridgehead atoms. The lowest BCUT2D eigenvalue weighted by Gasteiger charge is -2.09. The molecule has 0 aliphatic carbocycles. The van der Waals surface area contributed by atoms with Gasteiger partial charge in [0.05, 0.1) is 11.9 Å². The second kappa shape index (κ2) is 8.02. The summed E-state index contributed by atoms with van der Waals surface area (Å²) < 4.78 is 24.8. The van der Waals surface area contributed by atoms with Gasteiger partial charge in [-0.3, -0.25) is 9.82 Å². The van der Waals surface area contributed by atoms with Crippen molar-refractivity contribution in [3.63, 3.8) is 0 Å². The van der Waals surface area contributed by atoms with Crippen molar-refractivity contribution >= 4 is 39.2 Å². The SMILES string of the molecule is Cc1nc(SCCNC(=O)Nc2cccc(NS(C)(=O)=O)c2)n[nH]1. The standard InChI is InChI=1S/C13H18N6O3S2/c1-9-15-13(18-17-9)23-7-6-14-12(20)16-10-4-3-5-11(8-10)19-24(2,21)22/h3-5,8,19H,6-7H2,1-2H3,(H2,14,16,20)(H,15,17,18). The van der Waals surface area contributed by atoms with Gasteiger partial charge in [0.2, 0.25) is 15.2 Å². The summed E-state index contributed by atoms with van der Waals surface area (Å²) in [6, 6.07) is 6.06. The third kappa shape index (κ3) is 6.46. The summed E-state index contributed by atoms with van der Waals surface area (Å²) in [4.78, 5) is 16.0. The average molecular weight is 370 g/mol. The quantitative estimate of drug-likeness (QED) is 0.431. The number of amides is 2. The minimum absolute atomic E-state index is 0.377. The Morgan fingerprint density at radius 2 is 2.08 bits per heavy atom. The molecule has 0 radical (unpaired) electrons. The first-order chi connectivity index (χ1) is 11.3. The molecule has 0 unspecified atom stereocenters. The summed E-state index contributed by atoms with van der Waals surface area (Å²) >= 11 is 1.43. The van der Waals surface area contributed by atoms with Crippen LogP contribution in [0.3, 0.4) is 0 Å². The van der Waals surface area contributed by atoms with E-state index in [9.17, 15) is 13.2 Å². The van der Waals surface area contributed by atoms with E-state index >= 15 is 0 Å². The first-order valence-electron chi connectivity index (χ1n) is 6.96. The fourth-order valence-electron chi connectivity index (χ4n) is 1.74. The van der Waals surface area contributed by atoms with E-state index in [-0.39, 0.29) is 6.03 Å². The number of carbonyl (C=O) groups excluding carboxylic acids is 1. The van der Waals surface area contributed by atoms with Crippen LogP contribution in [0.5, 0.6) is 0 Å². The number of thioether (sulfide) groups is 1. The van der Waals surface area contributed by atoms with E-state index < -0.39 is 10.0 Å². The molecule has 1 heterocycles. The van der Waals surface area contributed by atoms with Crippen molar-refractivity contribution in [2.75, 3.05) is 28.6 Å². The molecular weight excluding hydrogens is 352 g/mol. The van der Waals surface area contributed by atoms with Crippen LogP contribution in [0, 0.1) is 6.92 Å². The molecule has 2 aromatic rings. The molecule has 0 spiro atoms. The van der Waals surface area contributed by atoms with Crippen LogP contribution >= 0.6 is 11.8 Å². The van der Waals surface area contributed by atoms with Crippen LogP contribution in [0.25, 0.3) is 0 Å². The summed E-state index contributed by atoms with van der Waals surface area (Å²) in [7, 11) is -3.36. The summed E-state index contributed by atoms with van der Waals surface area (Å²) in [5.74, 6) is 1.37. The highest BCUT2D eigenvalue weighted by atomic mass is 32.2. The zero-order valence-electron chi connectivity index (χ0n) is 13.2. The Balaban J connectivity index is 1.76. The molecule has 0 saturated carbocycles. The summed E-state index contributed by atoms with van der Waals surface area (Å²) in [6.45, 7) is 2.25. The summed E-state index contributed by atoms with van der Waals surface area (Å²) in [5, 5.41) is 12.7. The molecule has 2 amide bonds. The van der Waals surface area contributed by atoms with E-state index in [0.717, 1.165) is 12.1 Å². The molecule has 130 valence electrons. The predicted octanol–water partition coefficient (Wildman–Crippen LogP) is 1.40. The van der Waals surface area contributed by atoms with Gasteiger partial charge >= 0.3 is 6.03 Å². The van der Waals surface area contributed by atoms with Gasteiger partial charge in [-0.1, -0.05) is 17.8 Å². The highest BCUT2D eigenvalue weighted by Gasteiger charge is 2.06.